The van der Waals surface area contributed by atoms with E-state index < -0.39 is 11.1 Å². The fraction of sp³-hybridized carbons (Fsp3) is 0.158. The molecule has 0 aliphatic heterocycles. The summed E-state index contributed by atoms with van der Waals surface area (Å²) >= 11 is 0. The highest BCUT2D eigenvalue weighted by molar-refractivity contribution is 5.85. The predicted molar refractivity (Wildman–Crippen MR) is 100 cm³/mol. The molecule has 0 aliphatic carbocycles. The molecule has 9 heteroatoms. The molecule has 0 atom stereocenters. The van der Waals surface area contributed by atoms with Crippen molar-refractivity contribution in [2.24, 2.45) is 0 Å². The van der Waals surface area contributed by atoms with Crippen LogP contribution in [0.25, 0.3) is 10.9 Å². The van der Waals surface area contributed by atoms with Crippen LogP contribution in [0.3, 0.4) is 0 Å². The number of nitrogens with one attached hydrogen (secondary N) is 2. The van der Waals surface area contributed by atoms with E-state index in [1.807, 2.05) is 6.20 Å². The van der Waals surface area contributed by atoms with Gasteiger partial charge in [-0.25, -0.2) is 4.79 Å². The number of nitrogens with zero attached hydrogens (tertiary/aromatic N) is 1. The van der Waals surface area contributed by atoms with Crippen molar-refractivity contribution >= 4 is 28.7 Å². The summed E-state index contributed by atoms with van der Waals surface area (Å²) in [5.41, 5.74) is 1.73. The molecule has 9 nitrogen and oxygen atoms in total. The van der Waals surface area contributed by atoms with Gasteiger partial charge in [0.05, 0.1) is 4.92 Å². The van der Waals surface area contributed by atoms with Gasteiger partial charge in [-0.3, -0.25) is 14.9 Å². The number of ether oxygens (including phenoxy) is 2. The molecule has 144 valence electrons. The summed E-state index contributed by atoms with van der Waals surface area (Å²) in [6.45, 7) is 1.95. The smallest absolute Gasteiger partial charge is 0.395 e. The SMILES string of the molecule is CC(=O)NCCc1c[nH]c2ccc(OC(=O)Oc3ccc([N+](=O)[O-])cc3)cc12. The number of rotatable bonds is 6. The van der Waals surface area contributed by atoms with Crippen LogP contribution >= 0.6 is 0 Å². The fourth-order valence-electron chi connectivity index (χ4n) is 2.65. The molecule has 2 N–H and O–H groups in total. The van der Waals surface area contributed by atoms with Crippen LogP contribution in [-0.4, -0.2) is 28.5 Å². The Kier molecular flexibility index (Phi) is 5.54. The number of H-pyrrole nitrogens is 1. The average molecular weight is 383 g/mol. The van der Waals surface area contributed by atoms with Gasteiger partial charge in [0.25, 0.3) is 5.69 Å². The van der Waals surface area contributed by atoms with E-state index >= 15 is 0 Å². The summed E-state index contributed by atoms with van der Waals surface area (Å²) in [6, 6.07) is 10.2. The summed E-state index contributed by atoms with van der Waals surface area (Å²) in [5.74, 6) is 0.326. The number of carbonyl (C=O) groups is 2. The van der Waals surface area contributed by atoms with Gasteiger partial charge >= 0.3 is 6.16 Å². The van der Waals surface area contributed by atoms with Gasteiger partial charge < -0.3 is 19.8 Å². The Hall–Kier alpha value is -3.88. The topological polar surface area (TPSA) is 124 Å². The molecule has 1 aromatic heterocycles. The van der Waals surface area contributed by atoms with Crippen LogP contribution in [0.5, 0.6) is 11.5 Å². The largest absolute Gasteiger partial charge is 0.519 e. The van der Waals surface area contributed by atoms with E-state index in [0.717, 1.165) is 16.5 Å². The normalized spacial score (nSPS) is 10.5. The summed E-state index contributed by atoms with van der Waals surface area (Å²) in [7, 11) is 0. The molecule has 0 bridgehead atoms. The molecule has 2 aromatic carbocycles. The first-order chi connectivity index (χ1) is 13.4. The molecule has 1 amide bonds. The van der Waals surface area contributed by atoms with Crippen LogP contribution in [0.15, 0.2) is 48.7 Å². The minimum absolute atomic E-state index is 0.0992. The number of amides is 1. The van der Waals surface area contributed by atoms with E-state index in [-0.39, 0.29) is 17.3 Å². The van der Waals surface area contributed by atoms with Crippen molar-refractivity contribution in [1.82, 2.24) is 10.3 Å². The Balaban J connectivity index is 1.66. The van der Waals surface area contributed by atoms with Crippen molar-refractivity contribution < 1.29 is 24.0 Å². The van der Waals surface area contributed by atoms with Crippen LogP contribution in [-0.2, 0) is 11.2 Å². The molecule has 0 fully saturated rings. The zero-order valence-corrected chi connectivity index (χ0v) is 14.9. The molecule has 0 spiro atoms. The lowest BCUT2D eigenvalue weighted by Gasteiger charge is -2.06. The molecule has 28 heavy (non-hydrogen) atoms. The maximum Gasteiger partial charge on any atom is 0.519 e. The third kappa shape index (κ3) is 4.64. The first kappa shape index (κ1) is 18.9. The van der Waals surface area contributed by atoms with E-state index in [2.05, 4.69) is 10.3 Å². The Morgan fingerprint density at radius 3 is 2.46 bits per heavy atom. The predicted octanol–water partition coefficient (Wildman–Crippen LogP) is 3.33. The van der Waals surface area contributed by atoms with Crippen LogP contribution in [0, 0.1) is 10.1 Å². The molecule has 0 saturated heterocycles. The Labute approximate surface area is 159 Å². The monoisotopic (exact) mass is 383 g/mol. The van der Waals surface area contributed by atoms with Crippen LogP contribution in [0.1, 0.15) is 12.5 Å². The van der Waals surface area contributed by atoms with Crippen molar-refractivity contribution in [3.8, 4) is 11.5 Å². The van der Waals surface area contributed by atoms with E-state index in [1.54, 1.807) is 18.2 Å². The van der Waals surface area contributed by atoms with Gasteiger partial charge in [0.1, 0.15) is 11.5 Å². The minimum Gasteiger partial charge on any atom is -0.395 e. The number of aromatic amines is 1. The Morgan fingerprint density at radius 1 is 1.11 bits per heavy atom. The molecule has 3 aromatic rings. The van der Waals surface area contributed by atoms with Crippen molar-refractivity contribution in [3.05, 3.63) is 64.3 Å². The van der Waals surface area contributed by atoms with Crippen molar-refractivity contribution in [3.63, 3.8) is 0 Å². The molecule has 0 radical (unpaired) electrons. The Morgan fingerprint density at radius 2 is 1.79 bits per heavy atom. The number of carbonyl (C=O) groups excluding carboxylic acids is 2. The zero-order chi connectivity index (χ0) is 20.1. The third-order valence-electron chi connectivity index (χ3n) is 3.96. The van der Waals surface area contributed by atoms with E-state index in [1.165, 1.54) is 31.2 Å². The average Bonchev–Trinajstić information content (AvgIpc) is 3.04. The quantitative estimate of drug-likeness (QED) is 0.291. The van der Waals surface area contributed by atoms with Gasteiger partial charge in [-0.05, 0) is 42.3 Å². The Bertz CT molecular complexity index is 1030. The maximum absolute atomic E-state index is 12.0. The molecule has 3 rings (SSSR count). The lowest BCUT2D eigenvalue weighted by Crippen LogP contribution is -2.22. The van der Waals surface area contributed by atoms with Crippen LogP contribution < -0.4 is 14.8 Å². The summed E-state index contributed by atoms with van der Waals surface area (Å²) < 4.78 is 10.2. The summed E-state index contributed by atoms with van der Waals surface area (Å²) in [6.07, 6.45) is 1.50. The number of hydrogen-bond donors (Lipinski definition) is 2. The third-order valence-corrected chi connectivity index (χ3v) is 3.96. The summed E-state index contributed by atoms with van der Waals surface area (Å²) in [4.78, 5) is 36.2. The highest BCUT2D eigenvalue weighted by Gasteiger charge is 2.12. The van der Waals surface area contributed by atoms with Gasteiger partial charge in [-0.15, -0.1) is 0 Å². The second-order valence-electron chi connectivity index (χ2n) is 5.96. The number of aromatic nitrogens is 1. The van der Waals surface area contributed by atoms with Crippen molar-refractivity contribution in [2.45, 2.75) is 13.3 Å². The highest BCUT2D eigenvalue weighted by atomic mass is 16.7. The maximum atomic E-state index is 12.0. The highest BCUT2D eigenvalue weighted by Crippen LogP contribution is 2.25. The standard InChI is InChI=1S/C19H17N3O6/c1-12(23)20-9-8-13-11-21-18-7-6-16(10-17(13)18)28-19(24)27-15-4-2-14(3-5-15)22(25)26/h2-7,10-11,21H,8-9H2,1H3,(H,20,23). The molecule has 0 saturated carbocycles. The van der Waals surface area contributed by atoms with E-state index in [9.17, 15) is 19.7 Å². The second kappa shape index (κ2) is 8.21. The van der Waals surface area contributed by atoms with Gasteiger partial charge in [-0.2, -0.15) is 0 Å². The van der Waals surface area contributed by atoms with Gasteiger partial charge in [-0.1, -0.05) is 0 Å². The van der Waals surface area contributed by atoms with Crippen molar-refractivity contribution in [2.75, 3.05) is 6.54 Å². The lowest BCUT2D eigenvalue weighted by molar-refractivity contribution is -0.384. The summed E-state index contributed by atoms with van der Waals surface area (Å²) in [5, 5.41) is 14.2. The molecule has 0 aliphatic rings. The lowest BCUT2D eigenvalue weighted by atomic mass is 10.1. The number of benzene rings is 2. The molecular formula is C19H17N3O6. The molecule has 0 unspecified atom stereocenters. The van der Waals surface area contributed by atoms with Crippen LogP contribution in [0.2, 0.25) is 0 Å². The van der Waals surface area contributed by atoms with Gasteiger partial charge in [0.15, 0.2) is 0 Å². The van der Waals surface area contributed by atoms with Crippen molar-refractivity contribution in [1.29, 1.82) is 0 Å². The van der Waals surface area contributed by atoms with Gasteiger partial charge in [0.2, 0.25) is 5.91 Å². The number of nitro benzene ring substituents is 1. The van der Waals surface area contributed by atoms with Gasteiger partial charge in [0, 0.05) is 42.7 Å². The number of non-ortho nitro benzene ring substituents is 1. The second-order valence-corrected chi connectivity index (χ2v) is 5.96. The minimum atomic E-state index is -0.955. The fourth-order valence-corrected chi connectivity index (χ4v) is 2.65. The first-order valence-electron chi connectivity index (χ1n) is 8.41. The number of hydrogen-bond acceptors (Lipinski definition) is 6. The van der Waals surface area contributed by atoms with E-state index in [4.69, 9.17) is 9.47 Å². The number of fused-ring (bicyclic) bond motifs is 1. The molecule has 1 heterocycles. The zero-order valence-electron chi connectivity index (χ0n) is 14.9. The van der Waals surface area contributed by atoms with Crippen LogP contribution in [0.4, 0.5) is 10.5 Å². The first-order valence-corrected chi connectivity index (χ1v) is 8.41. The molecular weight excluding hydrogens is 366 g/mol. The number of nitro groups is 1. The van der Waals surface area contributed by atoms with E-state index in [0.29, 0.717) is 18.7 Å².